The van der Waals surface area contributed by atoms with Gasteiger partial charge in [0.05, 0.1) is 29.4 Å². The molecule has 1 atom stereocenters. The number of carbonyl (C=O) groups excluding carboxylic acids is 2. The van der Waals surface area contributed by atoms with Crippen molar-refractivity contribution in [2.75, 3.05) is 24.3 Å². The largest absolute Gasteiger partial charge is 0.466 e. The molecule has 0 saturated carbocycles. The minimum Gasteiger partial charge on any atom is -0.466 e. The molecule has 0 aliphatic carbocycles. The minimum atomic E-state index is -0.464. The first-order chi connectivity index (χ1) is 15.2. The van der Waals surface area contributed by atoms with Gasteiger partial charge in [-0.3, -0.25) is 0 Å². The third kappa shape index (κ3) is 5.15. The molecule has 0 fully saturated rings. The smallest absolute Gasteiger partial charge is 0.337 e. The molecule has 0 saturated heterocycles. The molecule has 0 bridgehead atoms. The summed E-state index contributed by atoms with van der Waals surface area (Å²) in [4.78, 5) is 26.7. The van der Waals surface area contributed by atoms with Crippen LogP contribution in [0.1, 0.15) is 25.5 Å². The Morgan fingerprint density at radius 2 is 1.84 bits per heavy atom. The number of rotatable bonds is 5. The Hall–Kier alpha value is -2.81. The molecule has 1 heterocycles. The van der Waals surface area contributed by atoms with E-state index in [4.69, 9.17) is 40.2 Å². The van der Waals surface area contributed by atoms with Crippen molar-refractivity contribution in [2.24, 2.45) is 0 Å². The van der Waals surface area contributed by atoms with Gasteiger partial charge in [0.25, 0.3) is 0 Å². The van der Waals surface area contributed by atoms with Crippen LogP contribution in [0.2, 0.25) is 10.0 Å². The Balaban J connectivity index is 1.78. The molecule has 3 rings (SSSR count). The normalized spacial score (nSPS) is 15.8. The fourth-order valence-electron chi connectivity index (χ4n) is 3.42. The molecule has 0 spiro atoms. The molecule has 3 N–H and O–H groups in total. The van der Waals surface area contributed by atoms with Crippen LogP contribution in [-0.4, -0.2) is 35.7 Å². The highest BCUT2D eigenvalue weighted by atomic mass is 35.5. The number of thiocarbonyl (C=S) groups is 1. The van der Waals surface area contributed by atoms with Gasteiger partial charge in [-0.15, -0.1) is 0 Å². The van der Waals surface area contributed by atoms with E-state index in [2.05, 4.69) is 16.0 Å². The molecule has 2 amide bonds. The second kappa shape index (κ2) is 10.2. The van der Waals surface area contributed by atoms with Crippen LogP contribution in [0.4, 0.5) is 16.2 Å². The first-order valence-electron chi connectivity index (χ1n) is 9.75. The molecule has 1 aliphatic rings. The van der Waals surface area contributed by atoms with Crippen LogP contribution < -0.4 is 16.0 Å². The fraction of sp³-hybridized carbons (Fsp3) is 0.227. The number of allylic oxidation sites excluding steroid dienone is 1. The van der Waals surface area contributed by atoms with Gasteiger partial charge in [-0.25, -0.2) is 9.59 Å². The van der Waals surface area contributed by atoms with Crippen molar-refractivity contribution in [1.82, 2.24) is 10.2 Å². The summed E-state index contributed by atoms with van der Waals surface area (Å²) in [6.07, 6.45) is 0. The van der Waals surface area contributed by atoms with Crippen molar-refractivity contribution in [3.63, 3.8) is 0 Å². The van der Waals surface area contributed by atoms with Gasteiger partial charge in [0.1, 0.15) is 0 Å². The van der Waals surface area contributed by atoms with Crippen molar-refractivity contribution in [3.05, 3.63) is 69.3 Å². The van der Waals surface area contributed by atoms with E-state index in [1.54, 1.807) is 30.3 Å². The number of urea groups is 1. The lowest BCUT2D eigenvalue weighted by Crippen LogP contribution is -2.47. The number of hydrogen-bond donors (Lipinski definition) is 3. The number of anilines is 2. The Labute approximate surface area is 201 Å². The highest BCUT2D eigenvalue weighted by molar-refractivity contribution is 7.80. The highest BCUT2D eigenvalue weighted by Gasteiger charge is 2.33. The summed E-state index contributed by atoms with van der Waals surface area (Å²) in [5.74, 6) is -0.428. The predicted octanol–water partition coefficient (Wildman–Crippen LogP) is 5.34. The van der Waals surface area contributed by atoms with E-state index in [9.17, 15) is 9.59 Å². The summed E-state index contributed by atoms with van der Waals surface area (Å²) < 4.78 is 5.00. The molecule has 168 valence electrons. The summed E-state index contributed by atoms with van der Waals surface area (Å²) in [5.41, 5.74) is 3.03. The second-order valence-corrected chi connectivity index (χ2v) is 8.17. The van der Waals surface area contributed by atoms with Crippen LogP contribution in [-0.2, 0) is 9.53 Å². The van der Waals surface area contributed by atoms with Crippen molar-refractivity contribution in [1.29, 1.82) is 0 Å². The maximum absolute atomic E-state index is 12.5. The van der Waals surface area contributed by atoms with Crippen LogP contribution in [0.15, 0.2) is 53.7 Å². The van der Waals surface area contributed by atoms with Crippen LogP contribution in [0.5, 0.6) is 0 Å². The molecular formula is C22H22Cl2N4O3S. The lowest BCUT2D eigenvalue weighted by molar-refractivity contribution is -0.136. The third-order valence-corrected chi connectivity index (χ3v) is 5.89. The third-order valence-electron chi connectivity index (χ3n) is 5.00. The van der Waals surface area contributed by atoms with Gasteiger partial charge >= 0.3 is 12.0 Å². The molecular weight excluding hydrogens is 471 g/mol. The number of halogens is 2. The Kier molecular flexibility index (Phi) is 7.60. The molecule has 32 heavy (non-hydrogen) atoms. The topological polar surface area (TPSA) is 82.7 Å². The fourth-order valence-corrected chi connectivity index (χ4v) is 4.26. The van der Waals surface area contributed by atoms with Crippen LogP contribution in [0, 0.1) is 0 Å². The predicted molar refractivity (Wildman–Crippen MR) is 131 cm³/mol. The molecule has 2 aromatic carbocycles. The quantitative estimate of drug-likeness (QED) is 0.386. The van der Waals surface area contributed by atoms with E-state index in [1.807, 2.05) is 30.9 Å². The van der Waals surface area contributed by atoms with E-state index < -0.39 is 18.0 Å². The zero-order valence-electron chi connectivity index (χ0n) is 17.7. The Bertz CT molecular complexity index is 1090. The van der Waals surface area contributed by atoms with Gasteiger partial charge in [0.2, 0.25) is 0 Å². The zero-order chi connectivity index (χ0) is 23.4. The molecule has 1 aliphatic heterocycles. The number of benzene rings is 2. The van der Waals surface area contributed by atoms with E-state index in [1.165, 1.54) is 7.11 Å². The second-order valence-electron chi connectivity index (χ2n) is 6.94. The minimum absolute atomic E-state index is 0.334. The summed E-state index contributed by atoms with van der Waals surface area (Å²) in [5, 5.41) is 9.96. The number of ether oxygens (including phenoxy) is 1. The molecule has 7 nitrogen and oxygen atoms in total. The SMILES string of the molecule is CCN1C(=S)N[C@H](c2ccc(NC(=O)Nc3ccc(Cl)cc3Cl)cc2)C(C(=O)OC)=C1C. The lowest BCUT2D eigenvalue weighted by Gasteiger charge is -2.36. The van der Waals surface area contributed by atoms with Crippen molar-refractivity contribution < 1.29 is 14.3 Å². The molecule has 0 aromatic heterocycles. The summed E-state index contributed by atoms with van der Waals surface area (Å²) in [7, 11) is 1.35. The standard InChI is InChI=1S/C22H22Cl2N4O3S/c1-4-28-12(2)18(20(29)31-3)19(27-22(28)32)13-5-8-15(9-6-13)25-21(30)26-17-10-7-14(23)11-16(17)24/h5-11,19H,4H2,1-3H3,(H,27,32)(H2,25,26,30)/t19-/m1/s1. The average Bonchev–Trinajstić information content (AvgIpc) is 2.75. The number of esters is 1. The number of methoxy groups -OCH3 is 1. The van der Waals surface area contributed by atoms with Crippen LogP contribution in [0.25, 0.3) is 0 Å². The number of amides is 2. The zero-order valence-corrected chi connectivity index (χ0v) is 20.0. The van der Waals surface area contributed by atoms with Gasteiger partial charge in [0, 0.05) is 23.0 Å². The lowest BCUT2D eigenvalue weighted by atomic mass is 9.95. The maximum Gasteiger partial charge on any atom is 0.337 e. The monoisotopic (exact) mass is 492 g/mol. The van der Waals surface area contributed by atoms with E-state index in [-0.39, 0.29) is 0 Å². The van der Waals surface area contributed by atoms with Crippen molar-refractivity contribution >= 4 is 63.9 Å². The summed E-state index contributed by atoms with van der Waals surface area (Å²) >= 11 is 17.4. The number of nitrogens with one attached hydrogen (secondary N) is 3. The number of carbonyl (C=O) groups is 2. The van der Waals surface area contributed by atoms with E-state index in [0.717, 1.165) is 11.3 Å². The summed E-state index contributed by atoms with van der Waals surface area (Å²) in [6.45, 7) is 4.42. The first kappa shape index (κ1) is 23.8. The van der Waals surface area contributed by atoms with Crippen LogP contribution >= 0.6 is 35.4 Å². The molecule has 10 heteroatoms. The van der Waals surface area contributed by atoms with Crippen molar-refractivity contribution in [3.8, 4) is 0 Å². The Morgan fingerprint density at radius 1 is 1.16 bits per heavy atom. The van der Waals surface area contributed by atoms with Gasteiger partial charge in [-0.05, 0) is 62.0 Å². The Morgan fingerprint density at radius 3 is 2.44 bits per heavy atom. The number of hydrogen-bond acceptors (Lipinski definition) is 4. The summed E-state index contributed by atoms with van der Waals surface area (Å²) in [6, 6.07) is 11.0. The molecule has 0 radical (unpaired) electrons. The molecule has 0 unspecified atom stereocenters. The van der Waals surface area contributed by atoms with E-state index >= 15 is 0 Å². The van der Waals surface area contributed by atoms with Gasteiger partial charge in [-0.1, -0.05) is 35.3 Å². The van der Waals surface area contributed by atoms with Crippen LogP contribution in [0.3, 0.4) is 0 Å². The van der Waals surface area contributed by atoms with Gasteiger partial charge in [0.15, 0.2) is 5.11 Å². The highest BCUT2D eigenvalue weighted by Crippen LogP contribution is 2.32. The van der Waals surface area contributed by atoms with Crippen molar-refractivity contribution in [2.45, 2.75) is 19.9 Å². The number of nitrogens with zero attached hydrogens (tertiary/aromatic N) is 1. The van der Waals surface area contributed by atoms with Gasteiger partial charge < -0.3 is 25.6 Å². The van der Waals surface area contributed by atoms with E-state index in [0.29, 0.717) is 38.7 Å². The molecule has 2 aromatic rings. The average molecular weight is 493 g/mol. The first-order valence-corrected chi connectivity index (χ1v) is 10.9. The maximum atomic E-state index is 12.5. The van der Waals surface area contributed by atoms with Gasteiger partial charge in [-0.2, -0.15) is 0 Å².